The van der Waals surface area contributed by atoms with Crippen LogP contribution in [0.15, 0.2) is 182 Å². The van der Waals surface area contributed by atoms with Crippen molar-refractivity contribution in [3.8, 4) is 0 Å². The van der Waals surface area contributed by atoms with Gasteiger partial charge >= 0.3 is 0 Å². The first kappa shape index (κ1) is 59.8. The molecule has 2 heterocycles. The van der Waals surface area contributed by atoms with Gasteiger partial charge in [0, 0.05) is 30.2 Å². The van der Waals surface area contributed by atoms with E-state index < -0.39 is 0 Å². The van der Waals surface area contributed by atoms with E-state index in [9.17, 15) is 0 Å². The molecule has 2 nitrogen and oxygen atoms in total. The molecule has 0 atom stereocenters. The average molecular weight is 954 g/mol. The van der Waals surface area contributed by atoms with Gasteiger partial charge in [0.05, 0.1) is 0 Å². The first-order valence-corrected chi connectivity index (χ1v) is 27.5. The van der Waals surface area contributed by atoms with E-state index in [0.29, 0.717) is 35.6 Å². The fourth-order valence-corrected chi connectivity index (χ4v) is 8.89. The molecule has 7 aromatic rings. The van der Waals surface area contributed by atoms with E-state index in [1.54, 1.807) is 0 Å². The van der Waals surface area contributed by atoms with Gasteiger partial charge in [-0.1, -0.05) is 273 Å². The first-order chi connectivity index (χ1) is 34.1. The maximum atomic E-state index is 4.18. The van der Waals surface area contributed by atoms with Crippen molar-refractivity contribution in [3.05, 3.63) is 216 Å². The number of aromatic nitrogens is 1. The molecule has 0 spiro atoms. The van der Waals surface area contributed by atoms with E-state index in [1.165, 1.54) is 95.8 Å². The maximum absolute atomic E-state index is 4.18. The summed E-state index contributed by atoms with van der Waals surface area (Å²) in [5.41, 5.74) is 9.81. The fourth-order valence-electron chi connectivity index (χ4n) is 8.89. The molecule has 71 heavy (non-hydrogen) atoms. The third-order valence-electron chi connectivity index (χ3n) is 13.5. The smallest absolute Gasteiger partial charge is 0.0428 e. The lowest BCUT2D eigenvalue weighted by Crippen LogP contribution is -2.35. The van der Waals surface area contributed by atoms with Crippen LogP contribution in [0.25, 0.3) is 10.8 Å². The highest BCUT2D eigenvalue weighted by Gasteiger charge is 2.18. The molecule has 1 fully saturated rings. The van der Waals surface area contributed by atoms with Gasteiger partial charge in [-0.25, -0.2) is 0 Å². The van der Waals surface area contributed by atoms with Crippen molar-refractivity contribution in [2.24, 2.45) is 11.8 Å². The Morgan fingerprint density at radius 3 is 1.28 bits per heavy atom. The standard InChI is InChI=1S/C13H14.C12H17N.C9H18.3C9H12.C8H11N/c1-10(2)12-9-5-7-11-6-3-4-8-13(11)12;1-10(2)13-9-5-7-11-6-3-4-8-12(11)13;4*1-8(2)9-6-4-3-5-7-9;1-7(2)8-5-3-4-6-9-8/h3-10H,1-2H3;3-4,6,8,10H,5,7,9H2,1-2H3;8-9H,3-7H2,1-2H3;3*3-8H,1-2H3;3-7H,1-2H3. The van der Waals surface area contributed by atoms with Gasteiger partial charge < -0.3 is 4.90 Å². The van der Waals surface area contributed by atoms with Gasteiger partial charge in [0.1, 0.15) is 0 Å². The SMILES string of the molecule is CC(C)C1CCCCC1.CC(C)N1CCCc2ccccc21.CC(C)c1cccc2ccccc12.CC(C)c1ccccc1.CC(C)c1ccccc1.CC(C)c1ccccc1.CC(C)c1ccccn1. The van der Waals surface area contributed by atoms with Crippen molar-refractivity contribution >= 4 is 16.5 Å². The summed E-state index contributed by atoms with van der Waals surface area (Å²) in [6, 6.07) is 62.0. The van der Waals surface area contributed by atoms with Crippen LogP contribution in [-0.4, -0.2) is 17.6 Å². The Balaban J connectivity index is 0.000000221. The van der Waals surface area contributed by atoms with Crippen LogP contribution < -0.4 is 4.90 Å². The highest BCUT2D eigenvalue weighted by molar-refractivity contribution is 5.86. The third-order valence-corrected chi connectivity index (χ3v) is 13.5. The quantitative estimate of drug-likeness (QED) is 0.158. The molecule has 2 heteroatoms. The predicted molar refractivity (Wildman–Crippen MR) is 317 cm³/mol. The van der Waals surface area contributed by atoms with Crippen LogP contribution in [0, 0.1) is 11.8 Å². The first-order valence-electron chi connectivity index (χ1n) is 27.5. The van der Waals surface area contributed by atoms with Gasteiger partial charge in [0.25, 0.3) is 0 Å². The number of rotatable bonds is 7. The number of para-hydroxylation sites is 1. The minimum Gasteiger partial charge on any atom is -0.369 e. The molecule has 0 N–H and O–H groups in total. The Morgan fingerprint density at radius 2 is 0.873 bits per heavy atom. The zero-order valence-electron chi connectivity index (χ0n) is 47.0. The molecule has 382 valence electrons. The summed E-state index contributed by atoms with van der Waals surface area (Å²) in [4.78, 5) is 6.68. The number of hydrogen-bond acceptors (Lipinski definition) is 2. The van der Waals surface area contributed by atoms with Crippen molar-refractivity contribution in [2.45, 2.75) is 178 Å². The van der Waals surface area contributed by atoms with Gasteiger partial charge in [-0.2, -0.15) is 0 Å². The van der Waals surface area contributed by atoms with E-state index in [1.807, 2.05) is 42.6 Å². The molecule has 0 unspecified atom stereocenters. The molecule has 0 saturated heterocycles. The largest absolute Gasteiger partial charge is 0.369 e. The van der Waals surface area contributed by atoms with Crippen molar-refractivity contribution in [1.29, 1.82) is 0 Å². The third kappa shape index (κ3) is 23.1. The molecule has 6 aromatic carbocycles. The monoisotopic (exact) mass is 953 g/mol. The van der Waals surface area contributed by atoms with Crippen molar-refractivity contribution < 1.29 is 0 Å². The highest BCUT2D eigenvalue weighted by Crippen LogP contribution is 2.30. The molecule has 2 aliphatic rings. The van der Waals surface area contributed by atoms with Crippen LogP contribution in [0.1, 0.15) is 199 Å². The van der Waals surface area contributed by atoms with Crippen LogP contribution in [0.2, 0.25) is 0 Å². The highest BCUT2D eigenvalue weighted by atomic mass is 15.2. The lowest BCUT2D eigenvalue weighted by atomic mass is 9.82. The summed E-state index contributed by atoms with van der Waals surface area (Å²) in [5, 5.41) is 2.73. The molecule has 0 radical (unpaired) electrons. The summed E-state index contributed by atoms with van der Waals surface area (Å²) in [6.45, 7) is 32.4. The zero-order chi connectivity index (χ0) is 52.0. The number of nitrogens with zero attached hydrogens (tertiary/aromatic N) is 2. The van der Waals surface area contributed by atoms with Crippen LogP contribution in [-0.2, 0) is 6.42 Å². The Hall–Kier alpha value is -5.47. The lowest BCUT2D eigenvalue weighted by Gasteiger charge is -2.34. The second kappa shape index (κ2) is 34.0. The summed E-state index contributed by atoms with van der Waals surface area (Å²) in [6.07, 6.45) is 11.8. The summed E-state index contributed by atoms with van der Waals surface area (Å²) < 4.78 is 0. The maximum Gasteiger partial charge on any atom is 0.0428 e. The normalized spacial score (nSPS) is 13.0. The average Bonchev–Trinajstić information content (AvgIpc) is 3.40. The number of aryl methyl sites for hydroxylation is 1. The van der Waals surface area contributed by atoms with E-state index >= 15 is 0 Å². The van der Waals surface area contributed by atoms with Gasteiger partial charge in [-0.15, -0.1) is 0 Å². The Bertz CT molecular complexity index is 2180. The minimum atomic E-state index is 0.547. The molecule has 1 aliphatic carbocycles. The van der Waals surface area contributed by atoms with Gasteiger partial charge in [0.2, 0.25) is 0 Å². The van der Waals surface area contributed by atoms with E-state index in [-0.39, 0.29) is 0 Å². The van der Waals surface area contributed by atoms with Crippen LogP contribution in [0.4, 0.5) is 5.69 Å². The second-order valence-electron chi connectivity index (χ2n) is 21.5. The number of hydrogen-bond donors (Lipinski definition) is 0. The number of fused-ring (bicyclic) bond motifs is 2. The van der Waals surface area contributed by atoms with Crippen molar-refractivity contribution in [3.63, 3.8) is 0 Å². The topological polar surface area (TPSA) is 16.1 Å². The van der Waals surface area contributed by atoms with Gasteiger partial charge in [-0.05, 0) is 125 Å². The minimum absolute atomic E-state index is 0.547. The summed E-state index contributed by atoms with van der Waals surface area (Å²) in [7, 11) is 0. The van der Waals surface area contributed by atoms with E-state index in [4.69, 9.17) is 0 Å². The van der Waals surface area contributed by atoms with Gasteiger partial charge in [0.15, 0.2) is 0 Å². The molecule has 0 amide bonds. The number of benzene rings is 6. The molecule has 1 aliphatic heterocycles. The molecule has 0 bridgehead atoms. The molecular formula is C69H96N2. The molecular weight excluding hydrogens is 857 g/mol. The lowest BCUT2D eigenvalue weighted by molar-refractivity contribution is 0.279. The van der Waals surface area contributed by atoms with Crippen molar-refractivity contribution in [2.75, 3.05) is 11.4 Å². The van der Waals surface area contributed by atoms with Crippen LogP contribution >= 0.6 is 0 Å². The molecule has 1 saturated carbocycles. The van der Waals surface area contributed by atoms with E-state index in [2.05, 4.69) is 246 Å². The van der Waals surface area contributed by atoms with E-state index in [0.717, 1.165) is 17.5 Å². The molecule has 9 rings (SSSR count). The predicted octanol–water partition coefficient (Wildman–Crippen LogP) is 20.7. The van der Waals surface area contributed by atoms with Crippen LogP contribution in [0.5, 0.6) is 0 Å². The zero-order valence-corrected chi connectivity index (χ0v) is 47.0. The fraction of sp³-hybridized carbons (Fsp3) is 0.435. The Morgan fingerprint density at radius 1 is 0.408 bits per heavy atom. The summed E-state index contributed by atoms with van der Waals surface area (Å²) >= 11 is 0. The number of pyridine rings is 1. The Kier molecular flexibility index (Phi) is 28.6. The van der Waals surface area contributed by atoms with Gasteiger partial charge in [-0.3, -0.25) is 4.98 Å². The molecule has 1 aromatic heterocycles. The second-order valence-corrected chi connectivity index (χ2v) is 21.5. The number of anilines is 1. The van der Waals surface area contributed by atoms with Crippen molar-refractivity contribution in [1.82, 2.24) is 4.98 Å². The van der Waals surface area contributed by atoms with Crippen LogP contribution in [0.3, 0.4) is 0 Å². The Labute approximate surface area is 435 Å². The summed E-state index contributed by atoms with van der Waals surface area (Å²) in [5.74, 6) is 5.12.